The average molecular weight is 451 g/mol. The van der Waals surface area contributed by atoms with Crippen molar-refractivity contribution >= 4 is 64.4 Å². The maximum Gasteiger partial charge on any atom is 0.267 e. The number of hydrogen-bond donors (Lipinski definition) is 2. The molecule has 2 atom stereocenters. The van der Waals surface area contributed by atoms with Crippen LogP contribution in [0.2, 0.25) is 0 Å². The molecule has 27 heavy (non-hydrogen) atoms. The fourth-order valence-corrected chi connectivity index (χ4v) is 4.27. The van der Waals surface area contributed by atoms with Crippen LogP contribution in [0.3, 0.4) is 0 Å². The summed E-state index contributed by atoms with van der Waals surface area (Å²) in [4.78, 5) is 31.5. The molecule has 0 spiro atoms. The molecule has 3 heterocycles. The highest BCUT2D eigenvalue weighted by atomic mass is 35.5. The van der Waals surface area contributed by atoms with E-state index in [4.69, 9.17) is 5.73 Å². The number of halogens is 2. The van der Waals surface area contributed by atoms with Crippen molar-refractivity contribution in [3.05, 3.63) is 33.5 Å². The molecule has 0 bridgehead atoms. The molecule has 0 saturated carbocycles. The van der Waals surface area contributed by atoms with Crippen LogP contribution in [0, 0.1) is 5.92 Å². The number of likely N-dealkylation sites (tertiary alicyclic amines) is 1. The maximum atomic E-state index is 12.5. The van der Waals surface area contributed by atoms with Crippen LogP contribution in [-0.4, -0.2) is 40.8 Å². The molecule has 3 N–H and O–H groups in total. The van der Waals surface area contributed by atoms with Crippen molar-refractivity contribution in [3.8, 4) is 0 Å². The van der Waals surface area contributed by atoms with Crippen molar-refractivity contribution in [1.29, 1.82) is 0 Å². The summed E-state index contributed by atoms with van der Waals surface area (Å²) in [5.74, 6) is 0.276. The first-order valence-corrected chi connectivity index (χ1v) is 10.1. The number of nitrogens with two attached hydrogens (primary N) is 1. The number of piperidine rings is 1. The van der Waals surface area contributed by atoms with Gasteiger partial charge in [-0.15, -0.1) is 47.5 Å². The summed E-state index contributed by atoms with van der Waals surface area (Å²) >= 11 is 2.72. The molecule has 6 nitrogen and oxygen atoms in total. The summed E-state index contributed by atoms with van der Waals surface area (Å²) in [6, 6.07) is 3.71. The average Bonchev–Trinajstić information content (AvgIpc) is 3.27. The van der Waals surface area contributed by atoms with Crippen LogP contribution in [0.4, 0.5) is 5.13 Å². The van der Waals surface area contributed by atoms with Crippen molar-refractivity contribution in [2.45, 2.75) is 32.2 Å². The number of hydrogen-bond acceptors (Lipinski definition) is 6. The second-order valence-corrected chi connectivity index (χ2v) is 8.16. The Balaban J connectivity index is 0.00000182. The van der Waals surface area contributed by atoms with Crippen molar-refractivity contribution in [1.82, 2.24) is 9.88 Å². The number of thiazole rings is 1. The zero-order valence-electron chi connectivity index (χ0n) is 14.9. The number of carbonyl (C=O) groups is 2. The number of nitrogens with one attached hydrogen (secondary N) is 1. The summed E-state index contributed by atoms with van der Waals surface area (Å²) in [6.07, 6.45) is 2.34. The van der Waals surface area contributed by atoms with Gasteiger partial charge in [-0.25, -0.2) is 4.98 Å². The topological polar surface area (TPSA) is 88.3 Å². The molecule has 0 aliphatic carbocycles. The summed E-state index contributed by atoms with van der Waals surface area (Å²) in [6.45, 7) is 3.51. The fourth-order valence-electron chi connectivity index (χ4n) is 2.94. The highest BCUT2D eigenvalue weighted by Gasteiger charge is 2.26. The molecule has 1 aliphatic heterocycles. The van der Waals surface area contributed by atoms with Gasteiger partial charge in [0.2, 0.25) is 5.91 Å². The zero-order chi connectivity index (χ0) is 17.8. The van der Waals surface area contributed by atoms with Gasteiger partial charge >= 0.3 is 0 Å². The summed E-state index contributed by atoms with van der Waals surface area (Å²) in [7, 11) is 0. The van der Waals surface area contributed by atoms with Crippen molar-refractivity contribution in [3.63, 3.8) is 0 Å². The van der Waals surface area contributed by atoms with Crippen molar-refractivity contribution in [2.24, 2.45) is 11.7 Å². The van der Waals surface area contributed by atoms with E-state index in [9.17, 15) is 9.59 Å². The van der Waals surface area contributed by atoms with Crippen molar-refractivity contribution < 1.29 is 9.59 Å². The van der Waals surface area contributed by atoms with E-state index in [1.165, 1.54) is 22.7 Å². The largest absolute Gasteiger partial charge is 0.342 e. The molecule has 2 amide bonds. The Morgan fingerprint density at radius 3 is 2.85 bits per heavy atom. The van der Waals surface area contributed by atoms with Gasteiger partial charge in [0.05, 0.1) is 17.0 Å². The minimum atomic E-state index is -0.168. The van der Waals surface area contributed by atoms with Gasteiger partial charge in [0, 0.05) is 24.5 Å². The van der Waals surface area contributed by atoms with E-state index in [0.29, 0.717) is 21.6 Å². The number of rotatable bonds is 5. The minimum Gasteiger partial charge on any atom is -0.342 e. The van der Waals surface area contributed by atoms with Gasteiger partial charge in [-0.3, -0.25) is 14.9 Å². The van der Waals surface area contributed by atoms with Gasteiger partial charge in [-0.2, -0.15) is 0 Å². The van der Waals surface area contributed by atoms with Crippen molar-refractivity contribution in [2.75, 3.05) is 18.4 Å². The third kappa shape index (κ3) is 6.43. The van der Waals surface area contributed by atoms with Gasteiger partial charge in [0.1, 0.15) is 0 Å². The standard InChI is InChI=1S/C17H22N4O2S2.2ClH/c1-11(18)12-4-2-6-21(9-12)15(22)8-13-10-25-17(19-13)20-16(23)14-5-3-7-24-14;;/h3,5,7,10-12H,2,4,6,8-9,18H2,1H3,(H,19,20,23);2*1H. The SMILES string of the molecule is CC(N)C1CCCN(C(=O)Cc2csc(NC(=O)c3cccs3)n2)C1.Cl.Cl. The second kappa shape index (κ2) is 11.0. The normalized spacial score (nSPS) is 17.4. The van der Waals surface area contributed by atoms with E-state index < -0.39 is 0 Å². The summed E-state index contributed by atoms with van der Waals surface area (Å²) in [5.41, 5.74) is 6.68. The Kier molecular flexibility index (Phi) is 9.69. The van der Waals surface area contributed by atoms with Crippen LogP contribution >= 0.6 is 47.5 Å². The molecule has 2 aromatic heterocycles. The predicted molar refractivity (Wildman–Crippen MR) is 116 cm³/mol. The highest BCUT2D eigenvalue weighted by molar-refractivity contribution is 7.14. The molecule has 150 valence electrons. The molecule has 0 aromatic carbocycles. The first-order chi connectivity index (χ1) is 12.0. The lowest BCUT2D eigenvalue weighted by Gasteiger charge is -2.34. The Bertz CT molecular complexity index is 737. The maximum absolute atomic E-state index is 12.5. The van der Waals surface area contributed by atoms with Crippen LogP contribution in [0.25, 0.3) is 0 Å². The molecule has 1 saturated heterocycles. The van der Waals surface area contributed by atoms with E-state index >= 15 is 0 Å². The number of thiophene rings is 1. The molecular formula is C17H24Cl2N4O2S2. The smallest absolute Gasteiger partial charge is 0.267 e. The lowest BCUT2D eigenvalue weighted by molar-refractivity contribution is -0.132. The quantitative estimate of drug-likeness (QED) is 0.729. The molecular weight excluding hydrogens is 427 g/mol. The first-order valence-electron chi connectivity index (χ1n) is 8.35. The highest BCUT2D eigenvalue weighted by Crippen LogP contribution is 2.21. The van der Waals surface area contributed by atoms with Gasteiger partial charge in [-0.1, -0.05) is 6.07 Å². The van der Waals surface area contributed by atoms with Crippen LogP contribution in [-0.2, 0) is 11.2 Å². The van der Waals surface area contributed by atoms with E-state index in [1.807, 2.05) is 28.7 Å². The number of nitrogens with zero attached hydrogens (tertiary/aromatic N) is 2. The lowest BCUT2D eigenvalue weighted by Crippen LogP contribution is -2.45. The van der Waals surface area contributed by atoms with Crippen LogP contribution in [0.5, 0.6) is 0 Å². The van der Waals surface area contributed by atoms with E-state index in [2.05, 4.69) is 10.3 Å². The molecule has 2 unspecified atom stereocenters. The van der Waals surface area contributed by atoms with Gasteiger partial charge < -0.3 is 10.6 Å². The predicted octanol–water partition coefficient (Wildman–Crippen LogP) is 3.43. The monoisotopic (exact) mass is 450 g/mol. The Hall–Kier alpha value is -1.19. The van der Waals surface area contributed by atoms with E-state index in [1.54, 1.807) is 6.07 Å². The molecule has 1 aliphatic rings. The molecule has 10 heteroatoms. The van der Waals surface area contributed by atoms with E-state index in [0.717, 1.165) is 25.9 Å². The Morgan fingerprint density at radius 1 is 1.41 bits per heavy atom. The molecule has 2 aromatic rings. The third-order valence-corrected chi connectivity index (χ3v) is 6.08. The lowest BCUT2D eigenvalue weighted by atomic mass is 9.92. The Labute approximate surface area is 179 Å². The Morgan fingerprint density at radius 2 is 2.19 bits per heavy atom. The number of amides is 2. The van der Waals surface area contributed by atoms with E-state index in [-0.39, 0.29) is 49.1 Å². The summed E-state index contributed by atoms with van der Waals surface area (Å²) in [5, 5.41) is 6.98. The molecule has 0 radical (unpaired) electrons. The third-order valence-electron chi connectivity index (χ3n) is 4.40. The fraction of sp³-hybridized carbons (Fsp3) is 0.471. The number of carbonyl (C=O) groups excluding carboxylic acids is 2. The second-order valence-electron chi connectivity index (χ2n) is 6.35. The number of anilines is 1. The zero-order valence-corrected chi connectivity index (χ0v) is 18.2. The minimum absolute atomic E-state index is 0. The number of aromatic nitrogens is 1. The molecule has 3 rings (SSSR count). The van der Waals surface area contributed by atoms with Crippen LogP contribution < -0.4 is 11.1 Å². The molecule has 1 fully saturated rings. The van der Waals surface area contributed by atoms with Gasteiger partial charge in [-0.05, 0) is 37.1 Å². The van der Waals surface area contributed by atoms with Crippen LogP contribution in [0.15, 0.2) is 22.9 Å². The van der Waals surface area contributed by atoms with Gasteiger partial charge in [0.15, 0.2) is 5.13 Å². The van der Waals surface area contributed by atoms with Gasteiger partial charge in [0.25, 0.3) is 5.91 Å². The van der Waals surface area contributed by atoms with Crippen LogP contribution in [0.1, 0.15) is 35.1 Å². The first kappa shape index (κ1) is 23.8. The summed E-state index contributed by atoms with van der Waals surface area (Å²) < 4.78 is 0.